The molecule has 0 heterocycles. The minimum atomic E-state index is -2.53. The summed E-state index contributed by atoms with van der Waals surface area (Å²) < 4.78 is 27.1. The highest BCUT2D eigenvalue weighted by molar-refractivity contribution is 9.10. The number of rotatable bonds is 1. The molecular weight excluding hydrogens is 276 g/mol. The number of benzene rings is 1. The van der Waals surface area contributed by atoms with Gasteiger partial charge in [-0.3, -0.25) is 0 Å². The van der Waals surface area contributed by atoms with Crippen LogP contribution in [0.4, 0.5) is 8.78 Å². The van der Waals surface area contributed by atoms with E-state index >= 15 is 0 Å². The second-order valence-electron chi connectivity index (χ2n) is 4.52. The van der Waals surface area contributed by atoms with Crippen molar-refractivity contribution in [3.63, 3.8) is 0 Å². The van der Waals surface area contributed by atoms with Gasteiger partial charge in [-0.1, -0.05) is 28.1 Å². The molecule has 1 fully saturated rings. The van der Waals surface area contributed by atoms with Crippen LogP contribution in [0, 0.1) is 0 Å². The highest BCUT2D eigenvalue weighted by atomic mass is 79.9. The molecule has 1 aromatic rings. The molecule has 1 aliphatic rings. The lowest BCUT2D eigenvalue weighted by Crippen LogP contribution is -2.43. The van der Waals surface area contributed by atoms with E-state index in [1.807, 2.05) is 24.3 Å². The SMILES string of the molecule is NC1(c2ccc(Br)cc2)CCC(F)(F)CC1. The van der Waals surface area contributed by atoms with Crippen molar-refractivity contribution in [2.45, 2.75) is 37.1 Å². The molecular formula is C12H14BrF2N. The van der Waals surface area contributed by atoms with E-state index in [0.29, 0.717) is 12.8 Å². The number of nitrogens with two attached hydrogens (primary N) is 1. The van der Waals surface area contributed by atoms with Gasteiger partial charge in [0, 0.05) is 22.9 Å². The first kappa shape index (κ1) is 12.0. The Balaban J connectivity index is 2.18. The molecule has 0 aliphatic heterocycles. The summed E-state index contributed by atoms with van der Waals surface area (Å²) in [6.45, 7) is 0. The summed E-state index contributed by atoms with van der Waals surface area (Å²) in [5.74, 6) is -2.53. The molecule has 1 nitrogen and oxygen atoms in total. The van der Waals surface area contributed by atoms with Gasteiger partial charge in [-0.05, 0) is 30.5 Å². The fraction of sp³-hybridized carbons (Fsp3) is 0.500. The number of alkyl halides is 2. The van der Waals surface area contributed by atoms with Gasteiger partial charge in [-0.2, -0.15) is 0 Å². The molecule has 0 amide bonds. The molecule has 2 rings (SSSR count). The van der Waals surface area contributed by atoms with Gasteiger partial charge in [0.25, 0.3) is 0 Å². The molecule has 0 unspecified atom stereocenters. The van der Waals surface area contributed by atoms with Crippen molar-refractivity contribution in [3.05, 3.63) is 34.3 Å². The second-order valence-corrected chi connectivity index (χ2v) is 5.43. The second kappa shape index (κ2) is 4.08. The predicted octanol–water partition coefficient (Wildman–Crippen LogP) is 3.81. The number of hydrogen-bond acceptors (Lipinski definition) is 1. The van der Waals surface area contributed by atoms with Crippen molar-refractivity contribution in [1.82, 2.24) is 0 Å². The van der Waals surface area contributed by atoms with Gasteiger partial charge in [-0.15, -0.1) is 0 Å². The van der Waals surface area contributed by atoms with Crippen molar-refractivity contribution in [3.8, 4) is 0 Å². The third-order valence-corrected chi connectivity index (χ3v) is 3.82. The Hall–Kier alpha value is -0.480. The third kappa shape index (κ3) is 2.43. The molecule has 0 atom stereocenters. The van der Waals surface area contributed by atoms with E-state index < -0.39 is 11.5 Å². The van der Waals surface area contributed by atoms with Crippen LogP contribution in [0.5, 0.6) is 0 Å². The lowest BCUT2D eigenvalue weighted by atomic mass is 9.76. The minimum Gasteiger partial charge on any atom is -0.321 e. The summed E-state index contributed by atoms with van der Waals surface area (Å²) in [5.41, 5.74) is 6.57. The molecule has 0 spiro atoms. The first-order valence-corrected chi connectivity index (χ1v) is 6.13. The highest BCUT2D eigenvalue weighted by Gasteiger charge is 2.41. The molecule has 0 saturated heterocycles. The highest BCUT2D eigenvalue weighted by Crippen LogP contribution is 2.42. The Kier molecular flexibility index (Phi) is 3.05. The Bertz CT molecular complexity index is 365. The van der Waals surface area contributed by atoms with Gasteiger partial charge in [0.15, 0.2) is 0 Å². The molecule has 1 aliphatic carbocycles. The van der Waals surface area contributed by atoms with E-state index in [1.165, 1.54) is 0 Å². The average molecular weight is 290 g/mol. The maximum Gasteiger partial charge on any atom is 0.248 e. The Morgan fingerprint density at radius 2 is 1.50 bits per heavy atom. The summed E-state index contributed by atoms with van der Waals surface area (Å²) in [6, 6.07) is 7.62. The monoisotopic (exact) mass is 289 g/mol. The smallest absolute Gasteiger partial charge is 0.248 e. The molecule has 88 valence electrons. The number of halogens is 3. The maximum atomic E-state index is 13.1. The summed E-state index contributed by atoms with van der Waals surface area (Å²) in [4.78, 5) is 0. The van der Waals surface area contributed by atoms with E-state index in [4.69, 9.17) is 5.73 Å². The van der Waals surface area contributed by atoms with E-state index in [-0.39, 0.29) is 12.8 Å². The van der Waals surface area contributed by atoms with Crippen LogP contribution in [0.2, 0.25) is 0 Å². The van der Waals surface area contributed by atoms with Crippen molar-refractivity contribution in [1.29, 1.82) is 0 Å². The Morgan fingerprint density at radius 3 is 2.00 bits per heavy atom. The third-order valence-electron chi connectivity index (χ3n) is 3.29. The molecule has 0 aromatic heterocycles. The van der Waals surface area contributed by atoms with E-state index in [9.17, 15) is 8.78 Å². The van der Waals surface area contributed by atoms with Gasteiger partial charge < -0.3 is 5.73 Å². The van der Waals surface area contributed by atoms with E-state index in [2.05, 4.69) is 15.9 Å². The first-order chi connectivity index (χ1) is 7.41. The standard InChI is InChI=1S/C12H14BrF2N/c13-10-3-1-9(2-4-10)11(16)5-7-12(14,15)8-6-11/h1-4H,5-8,16H2. The zero-order valence-electron chi connectivity index (χ0n) is 8.85. The fourth-order valence-corrected chi connectivity index (χ4v) is 2.40. The Labute approximate surface area is 102 Å². The molecule has 4 heteroatoms. The summed E-state index contributed by atoms with van der Waals surface area (Å²) in [6.07, 6.45) is 0.475. The van der Waals surface area contributed by atoms with Gasteiger partial charge in [0.1, 0.15) is 0 Å². The summed E-state index contributed by atoms with van der Waals surface area (Å²) >= 11 is 3.34. The van der Waals surface area contributed by atoms with Crippen LogP contribution in [0.3, 0.4) is 0 Å². The largest absolute Gasteiger partial charge is 0.321 e. The van der Waals surface area contributed by atoms with Gasteiger partial charge in [-0.25, -0.2) is 8.78 Å². The lowest BCUT2D eigenvalue weighted by Gasteiger charge is -2.37. The van der Waals surface area contributed by atoms with Crippen molar-refractivity contribution in [2.75, 3.05) is 0 Å². The molecule has 16 heavy (non-hydrogen) atoms. The van der Waals surface area contributed by atoms with Crippen molar-refractivity contribution in [2.24, 2.45) is 5.73 Å². The first-order valence-electron chi connectivity index (χ1n) is 5.34. The molecule has 1 saturated carbocycles. The van der Waals surface area contributed by atoms with Crippen LogP contribution in [0.15, 0.2) is 28.7 Å². The Morgan fingerprint density at radius 1 is 1.00 bits per heavy atom. The van der Waals surface area contributed by atoms with Crippen LogP contribution < -0.4 is 5.73 Å². The molecule has 0 radical (unpaired) electrons. The summed E-state index contributed by atoms with van der Waals surface area (Å²) in [7, 11) is 0. The fourth-order valence-electron chi connectivity index (χ4n) is 2.13. The minimum absolute atomic E-state index is 0.112. The lowest BCUT2D eigenvalue weighted by molar-refractivity contribution is -0.0514. The average Bonchev–Trinajstić information content (AvgIpc) is 2.24. The van der Waals surface area contributed by atoms with Gasteiger partial charge in [0.2, 0.25) is 5.92 Å². The van der Waals surface area contributed by atoms with Gasteiger partial charge in [0.05, 0.1) is 0 Å². The van der Waals surface area contributed by atoms with Crippen molar-refractivity contribution >= 4 is 15.9 Å². The van der Waals surface area contributed by atoms with Crippen LogP contribution in [0.25, 0.3) is 0 Å². The zero-order valence-corrected chi connectivity index (χ0v) is 10.4. The van der Waals surface area contributed by atoms with E-state index in [1.54, 1.807) is 0 Å². The number of hydrogen-bond donors (Lipinski definition) is 1. The molecule has 0 bridgehead atoms. The van der Waals surface area contributed by atoms with Crippen molar-refractivity contribution < 1.29 is 8.78 Å². The zero-order chi connectivity index (χ0) is 11.8. The predicted molar refractivity (Wildman–Crippen MR) is 63.4 cm³/mol. The van der Waals surface area contributed by atoms with Crippen LogP contribution >= 0.6 is 15.9 Å². The van der Waals surface area contributed by atoms with E-state index in [0.717, 1.165) is 10.0 Å². The van der Waals surface area contributed by atoms with Gasteiger partial charge >= 0.3 is 0 Å². The van der Waals surface area contributed by atoms with Crippen LogP contribution in [0.1, 0.15) is 31.2 Å². The van der Waals surface area contributed by atoms with Crippen LogP contribution in [-0.4, -0.2) is 5.92 Å². The van der Waals surface area contributed by atoms with Crippen LogP contribution in [-0.2, 0) is 5.54 Å². The molecule has 2 N–H and O–H groups in total. The summed E-state index contributed by atoms with van der Waals surface area (Å²) in [5, 5.41) is 0. The maximum absolute atomic E-state index is 13.1. The normalized spacial score (nSPS) is 23.0. The quantitative estimate of drug-likeness (QED) is 0.836. The topological polar surface area (TPSA) is 26.0 Å². The molecule has 1 aromatic carbocycles.